The fraction of sp³-hybridized carbons (Fsp3) is 0.143. The quantitative estimate of drug-likeness (QED) is 0.350. The number of nitrogens with two attached hydrogens (primary N) is 1. The van der Waals surface area contributed by atoms with E-state index in [1.807, 2.05) is 12.3 Å². The molecule has 0 saturated heterocycles. The van der Waals surface area contributed by atoms with Gasteiger partial charge in [-0.15, -0.1) is 11.3 Å². The number of carbonyl (C=O) groups excluding carboxylic acids is 1. The molecule has 110 valence electrons. The van der Waals surface area contributed by atoms with Crippen molar-refractivity contribution < 1.29 is 10.0 Å². The van der Waals surface area contributed by atoms with E-state index in [0.717, 1.165) is 11.1 Å². The maximum atomic E-state index is 12.0. The fourth-order valence-electron chi connectivity index (χ4n) is 1.70. The van der Waals surface area contributed by atoms with E-state index >= 15 is 0 Å². The SMILES string of the molecule is Cc1csc(C(=O)NCc2ccc(/C(N)=N/O)cc2)c1Cl. The van der Waals surface area contributed by atoms with E-state index in [0.29, 0.717) is 22.0 Å². The van der Waals surface area contributed by atoms with Gasteiger partial charge in [0.25, 0.3) is 5.91 Å². The summed E-state index contributed by atoms with van der Waals surface area (Å²) in [6.45, 7) is 2.24. The number of carbonyl (C=O) groups is 1. The number of hydrogen-bond donors (Lipinski definition) is 3. The largest absolute Gasteiger partial charge is 0.409 e. The summed E-state index contributed by atoms with van der Waals surface area (Å²) in [6.07, 6.45) is 0. The summed E-state index contributed by atoms with van der Waals surface area (Å²) < 4.78 is 0. The van der Waals surface area contributed by atoms with Crippen LogP contribution in [0.1, 0.15) is 26.4 Å². The van der Waals surface area contributed by atoms with Crippen molar-refractivity contribution in [1.82, 2.24) is 5.32 Å². The molecule has 7 heteroatoms. The average molecular weight is 324 g/mol. The molecule has 0 aliphatic rings. The number of aryl methyl sites for hydroxylation is 1. The first-order valence-electron chi connectivity index (χ1n) is 6.11. The predicted molar refractivity (Wildman–Crippen MR) is 84.2 cm³/mol. The molecule has 0 unspecified atom stereocenters. The van der Waals surface area contributed by atoms with Crippen LogP contribution in [0.2, 0.25) is 5.02 Å². The number of nitrogens with zero attached hydrogens (tertiary/aromatic N) is 1. The number of halogens is 1. The van der Waals surface area contributed by atoms with Gasteiger partial charge in [0.15, 0.2) is 5.84 Å². The average Bonchev–Trinajstić information content (AvgIpc) is 2.84. The first-order valence-corrected chi connectivity index (χ1v) is 7.37. The molecule has 1 aromatic heterocycles. The van der Waals surface area contributed by atoms with Crippen molar-refractivity contribution in [2.24, 2.45) is 10.9 Å². The summed E-state index contributed by atoms with van der Waals surface area (Å²) in [4.78, 5) is 12.5. The molecule has 4 N–H and O–H groups in total. The molecule has 0 spiro atoms. The Labute approximate surface area is 131 Å². The smallest absolute Gasteiger partial charge is 0.263 e. The Kier molecular flexibility index (Phi) is 4.82. The van der Waals surface area contributed by atoms with E-state index in [2.05, 4.69) is 10.5 Å². The number of benzene rings is 1. The fourth-order valence-corrected chi connectivity index (χ4v) is 2.89. The van der Waals surface area contributed by atoms with Crippen LogP contribution in [-0.2, 0) is 6.54 Å². The highest BCUT2D eigenvalue weighted by molar-refractivity contribution is 7.13. The molecule has 0 aliphatic carbocycles. The lowest BCUT2D eigenvalue weighted by molar-refractivity contribution is 0.0955. The number of hydrogen-bond acceptors (Lipinski definition) is 4. The Morgan fingerprint density at radius 1 is 1.43 bits per heavy atom. The monoisotopic (exact) mass is 323 g/mol. The van der Waals surface area contributed by atoms with Gasteiger partial charge in [-0.2, -0.15) is 0 Å². The summed E-state index contributed by atoms with van der Waals surface area (Å²) in [5, 5.41) is 16.7. The van der Waals surface area contributed by atoms with Crippen LogP contribution in [0, 0.1) is 6.92 Å². The minimum Gasteiger partial charge on any atom is -0.409 e. The third kappa shape index (κ3) is 3.53. The van der Waals surface area contributed by atoms with Crippen LogP contribution in [-0.4, -0.2) is 17.0 Å². The highest BCUT2D eigenvalue weighted by Crippen LogP contribution is 2.26. The number of thiophene rings is 1. The van der Waals surface area contributed by atoms with Crippen LogP contribution in [0.5, 0.6) is 0 Å². The second-order valence-electron chi connectivity index (χ2n) is 4.43. The van der Waals surface area contributed by atoms with Gasteiger partial charge in [0.1, 0.15) is 4.88 Å². The van der Waals surface area contributed by atoms with Crippen LogP contribution >= 0.6 is 22.9 Å². The molecule has 21 heavy (non-hydrogen) atoms. The first kappa shape index (κ1) is 15.3. The zero-order chi connectivity index (χ0) is 15.4. The van der Waals surface area contributed by atoms with Gasteiger partial charge in [-0.25, -0.2) is 0 Å². The first-order chi connectivity index (χ1) is 10.0. The molecule has 0 saturated carbocycles. The topological polar surface area (TPSA) is 87.7 Å². The zero-order valence-electron chi connectivity index (χ0n) is 11.3. The normalized spacial score (nSPS) is 11.4. The summed E-state index contributed by atoms with van der Waals surface area (Å²) in [7, 11) is 0. The maximum absolute atomic E-state index is 12.0. The summed E-state index contributed by atoms with van der Waals surface area (Å²) in [5.41, 5.74) is 7.90. The molecule has 1 amide bonds. The predicted octanol–water partition coefficient (Wildman–Crippen LogP) is 2.73. The lowest BCUT2D eigenvalue weighted by atomic mass is 10.1. The van der Waals surface area contributed by atoms with Gasteiger partial charge >= 0.3 is 0 Å². The summed E-state index contributed by atoms with van der Waals surface area (Å²) >= 11 is 7.38. The van der Waals surface area contributed by atoms with E-state index in [4.69, 9.17) is 22.5 Å². The Balaban J connectivity index is 2.00. The van der Waals surface area contributed by atoms with Gasteiger partial charge in [-0.05, 0) is 23.4 Å². The lowest BCUT2D eigenvalue weighted by Gasteiger charge is -2.05. The van der Waals surface area contributed by atoms with Crippen molar-refractivity contribution in [2.75, 3.05) is 0 Å². The molecule has 0 aliphatic heterocycles. The Morgan fingerprint density at radius 2 is 2.10 bits per heavy atom. The molecular weight excluding hydrogens is 310 g/mol. The van der Waals surface area contributed by atoms with Crippen LogP contribution in [0.4, 0.5) is 0 Å². The molecule has 2 rings (SSSR count). The number of amides is 1. The molecular formula is C14H14ClN3O2S. The van der Waals surface area contributed by atoms with Crippen LogP contribution in [0.25, 0.3) is 0 Å². The Bertz CT molecular complexity index is 680. The van der Waals surface area contributed by atoms with Crippen LogP contribution in [0.15, 0.2) is 34.8 Å². The van der Waals surface area contributed by atoms with Crippen molar-refractivity contribution in [3.63, 3.8) is 0 Å². The van der Waals surface area contributed by atoms with Crippen LogP contribution < -0.4 is 11.1 Å². The third-order valence-corrected chi connectivity index (χ3v) is 4.61. The van der Waals surface area contributed by atoms with E-state index in [9.17, 15) is 4.79 Å². The Morgan fingerprint density at radius 3 is 2.62 bits per heavy atom. The summed E-state index contributed by atoms with van der Waals surface area (Å²) in [5.74, 6) is -0.148. The number of amidine groups is 1. The van der Waals surface area contributed by atoms with Gasteiger partial charge in [0.2, 0.25) is 0 Å². The van der Waals surface area contributed by atoms with E-state index in [1.54, 1.807) is 24.3 Å². The molecule has 0 atom stereocenters. The summed E-state index contributed by atoms with van der Waals surface area (Å²) in [6, 6.07) is 7.04. The van der Waals surface area contributed by atoms with E-state index < -0.39 is 0 Å². The van der Waals surface area contributed by atoms with Gasteiger partial charge < -0.3 is 16.3 Å². The molecule has 2 aromatic rings. The second kappa shape index (κ2) is 6.60. The third-order valence-electron chi connectivity index (χ3n) is 2.92. The molecule has 0 bridgehead atoms. The lowest BCUT2D eigenvalue weighted by Crippen LogP contribution is -2.22. The molecule has 0 radical (unpaired) electrons. The van der Waals surface area contributed by atoms with Gasteiger partial charge in [-0.3, -0.25) is 4.79 Å². The Hall–Kier alpha value is -2.05. The maximum Gasteiger partial charge on any atom is 0.263 e. The molecule has 0 fully saturated rings. The van der Waals surface area contributed by atoms with E-state index in [1.165, 1.54) is 11.3 Å². The number of rotatable bonds is 4. The zero-order valence-corrected chi connectivity index (χ0v) is 12.8. The van der Waals surface area contributed by atoms with E-state index in [-0.39, 0.29) is 11.7 Å². The second-order valence-corrected chi connectivity index (χ2v) is 5.68. The highest BCUT2D eigenvalue weighted by atomic mass is 35.5. The minimum absolute atomic E-state index is 0.0476. The van der Waals surface area contributed by atoms with Crippen molar-refractivity contribution in [2.45, 2.75) is 13.5 Å². The van der Waals surface area contributed by atoms with Crippen molar-refractivity contribution >= 4 is 34.7 Å². The van der Waals surface area contributed by atoms with Gasteiger partial charge in [0, 0.05) is 12.1 Å². The van der Waals surface area contributed by atoms with Gasteiger partial charge in [0.05, 0.1) is 5.02 Å². The number of nitrogens with one attached hydrogen (secondary N) is 1. The van der Waals surface area contributed by atoms with Crippen molar-refractivity contribution in [3.05, 3.63) is 56.2 Å². The highest BCUT2D eigenvalue weighted by Gasteiger charge is 2.14. The van der Waals surface area contributed by atoms with Gasteiger partial charge in [-0.1, -0.05) is 41.0 Å². The molecule has 1 heterocycles. The molecule has 1 aromatic carbocycles. The standard InChI is InChI=1S/C14H14ClN3O2S/c1-8-7-21-12(11(8)15)14(19)17-6-9-2-4-10(5-3-9)13(16)18-20/h2-5,7,20H,6H2,1H3,(H2,16,18)(H,17,19). The van der Waals surface area contributed by atoms with Crippen molar-refractivity contribution in [1.29, 1.82) is 0 Å². The van der Waals surface area contributed by atoms with Crippen LogP contribution in [0.3, 0.4) is 0 Å². The van der Waals surface area contributed by atoms with Crippen molar-refractivity contribution in [3.8, 4) is 0 Å². The minimum atomic E-state index is -0.196. The number of oxime groups is 1. The molecule has 5 nitrogen and oxygen atoms in total.